The zero-order chi connectivity index (χ0) is 15.1. The summed E-state index contributed by atoms with van der Waals surface area (Å²) in [4.78, 5) is 2.35. The first kappa shape index (κ1) is 16.0. The van der Waals surface area contributed by atoms with Crippen molar-refractivity contribution in [3.63, 3.8) is 0 Å². The molecular weight excluding hydrogens is 265 g/mol. The molecular formula is C18H24FNO. The van der Waals surface area contributed by atoms with Crippen molar-refractivity contribution in [2.75, 3.05) is 19.7 Å². The molecule has 2 nitrogen and oxygen atoms in total. The Morgan fingerprint density at radius 2 is 2.19 bits per heavy atom. The SMILES string of the molecule is CCC1CCCN(Cc2ccc(C#CCO)cc2F)CC1. The van der Waals surface area contributed by atoms with Crippen LogP contribution in [-0.4, -0.2) is 29.7 Å². The second kappa shape index (κ2) is 8.17. The Hall–Kier alpha value is -1.37. The van der Waals surface area contributed by atoms with Gasteiger partial charge in [-0.25, -0.2) is 4.39 Å². The third-order valence-electron chi connectivity index (χ3n) is 4.28. The quantitative estimate of drug-likeness (QED) is 0.864. The van der Waals surface area contributed by atoms with Gasteiger partial charge in [-0.3, -0.25) is 4.90 Å². The van der Waals surface area contributed by atoms with Crippen molar-refractivity contribution in [1.82, 2.24) is 4.90 Å². The molecule has 114 valence electrons. The highest BCUT2D eigenvalue weighted by Crippen LogP contribution is 2.22. The van der Waals surface area contributed by atoms with Gasteiger partial charge in [0.2, 0.25) is 0 Å². The molecule has 1 heterocycles. The Kier molecular flexibility index (Phi) is 6.22. The van der Waals surface area contributed by atoms with Crippen LogP contribution < -0.4 is 0 Å². The average Bonchev–Trinajstić information content (AvgIpc) is 2.72. The highest BCUT2D eigenvalue weighted by Gasteiger charge is 2.16. The fourth-order valence-electron chi connectivity index (χ4n) is 2.93. The molecule has 0 spiro atoms. The summed E-state index contributed by atoms with van der Waals surface area (Å²) in [5.41, 5.74) is 1.35. The largest absolute Gasteiger partial charge is 0.384 e. The van der Waals surface area contributed by atoms with Gasteiger partial charge in [0.1, 0.15) is 12.4 Å². The van der Waals surface area contributed by atoms with E-state index in [9.17, 15) is 4.39 Å². The van der Waals surface area contributed by atoms with E-state index in [0.717, 1.165) is 24.6 Å². The molecule has 0 amide bonds. The summed E-state index contributed by atoms with van der Waals surface area (Å²) in [6.45, 7) is 4.85. The first-order valence-corrected chi connectivity index (χ1v) is 7.83. The number of hydrogen-bond donors (Lipinski definition) is 1. The first-order valence-electron chi connectivity index (χ1n) is 7.83. The number of aliphatic hydroxyl groups is 1. The maximum atomic E-state index is 14.1. The number of benzene rings is 1. The lowest BCUT2D eigenvalue weighted by Gasteiger charge is -2.20. The van der Waals surface area contributed by atoms with Gasteiger partial charge in [0.15, 0.2) is 0 Å². The minimum Gasteiger partial charge on any atom is -0.384 e. The number of nitrogens with zero attached hydrogens (tertiary/aromatic N) is 1. The predicted molar refractivity (Wildman–Crippen MR) is 83.3 cm³/mol. The molecule has 1 unspecified atom stereocenters. The van der Waals surface area contributed by atoms with Crippen molar-refractivity contribution in [2.45, 2.75) is 39.2 Å². The number of rotatable bonds is 3. The Bertz CT molecular complexity index is 518. The summed E-state index contributed by atoms with van der Waals surface area (Å²) >= 11 is 0. The summed E-state index contributed by atoms with van der Waals surface area (Å²) in [7, 11) is 0. The monoisotopic (exact) mass is 289 g/mol. The number of hydrogen-bond acceptors (Lipinski definition) is 2. The van der Waals surface area contributed by atoms with Crippen LogP contribution in [0.3, 0.4) is 0 Å². The molecule has 3 heteroatoms. The van der Waals surface area contributed by atoms with Crippen molar-refractivity contribution in [3.05, 3.63) is 35.1 Å². The molecule has 0 aromatic heterocycles. The summed E-state index contributed by atoms with van der Waals surface area (Å²) in [6.07, 6.45) is 4.98. The summed E-state index contributed by atoms with van der Waals surface area (Å²) < 4.78 is 14.1. The number of aliphatic hydroxyl groups excluding tert-OH is 1. The third kappa shape index (κ3) is 4.84. The van der Waals surface area contributed by atoms with Crippen LogP contribution in [0.25, 0.3) is 0 Å². The lowest BCUT2D eigenvalue weighted by atomic mass is 9.98. The zero-order valence-corrected chi connectivity index (χ0v) is 12.7. The van der Waals surface area contributed by atoms with E-state index < -0.39 is 0 Å². The van der Waals surface area contributed by atoms with Gasteiger partial charge in [-0.15, -0.1) is 0 Å². The maximum absolute atomic E-state index is 14.1. The topological polar surface area (TPSA) is 23.5 Å². The highest BCUT2D eigenvalue weighted by molar-refractivity contribution is 5.37. The molecule has 1 N–H and O–H groups in total. The Morgan fingerprint density at radius 3 is 2.90 bits per heavy atom. The lowest BCUT2D eigenvalue weighted by Crippen LogP contribution is -2.24. The molecule has 1 aromatic rings. The van der Waals surface area contributed by atoms with Crippen LogP contribution in [0, 0.1) is 23.6 Å². The Morgan fingerprint density at radius 1 is 1.33 bits per heavy atom. The van der Waals surface area contributed by atoms with E-state index in [1.54, 1.807) is 0 Å². The van der Waals surface area contributed by atoms with Crippen LogP contribution >= 0.6 is 0 Å². The van der Waals surface area contributed by atoms with Crippen LogP contribution in [0.5, 0.6) is 0 Å². The van der Waals surface area contributed by atoms with Crippen molar-refractivity contribution in [2.24, 2.45) is 5.92 Å². The maximum Gasteiger partial charge on any atom is 0.128 e. The standard InChI is InChI=1S/C18H24FNO/c1-2-15-5-3-10-20(11-9-15)14-17-8-7-16(6-4-12-21)13-18(17)19/h7-8,13,15,21H,2-3,5,9-12,14H2,1H3. The minimum absolute atomic E-state index is 0.198. The molecule has 0 bridgehead atoms. The van der Waals surface area contributed by atoms with E-state index in [2.05, 4.69) is 23.7 Å². The smallest absolute Gasteiger partial charge is 0.128 e. The van der Waals surface area contributed by atoms with E-state index in [4.69, 9.17) is 5.11 Å². The summed E-state index contributed by atoms with van der Waals surface area (Å²) in [6, 6.07) is 5.11. The molecule has 0 radical (unpaired) electrons. The normalized spacial score (nSPS) is 19.7. The molecule has 21 heavy (non-hydrogen) atoms. The Labute approximate surface area is 127 Å². The van der Waals surface area contributed by atoms with Crippen LogP contribution in [0.15, 0.2) is 18.2 Å². The van der Waals surface area contributed by atoms with Crippen molar-refractivity contribution < 1.29 is 9.50 Å². The van der Waals surface area contributed by atoms with Gasteiger partial charge in [-0.05, 0) is 50.4 Å². The third-order valence-corrected chi connectivity index (χ3v) is 4.28. The van der Waals surface area contributed by atoms with Crippen LogP contribution in [0.2, 0.25) is 0 Å². The highest BCUT2D eigenvalue weighted by atomic mass is 19.1. The second-order valence-electron chi connectivity index (χ2n) is 5.75. The van der Waals surface area contributed by atoms with Crippen LogP contribution in [0.4, 0.5) is 4.39 Å². The second-order valence-corrected chi connectivity index (χ2v) is 5.75. The average molecular weight is 289 g/mol. The van der Waals surface area contributed by atoms with E-state index in [1.165, 1.54) is 31.7 Å². The molecule has 2 rings (SSSR count). The van der Waals surface area contributed by atoms with Crippen molar-refractivity contribution in [1.29, 1.82) is 0 Å². The van der Waals surface area contributed by atoms with Gasteiger partial charge in [0, 0.05) is 17.7 Å². The molecule has 1 fully saturated rings. The van der Waals surface area contributed by atoms with E-state index in [-0.39, 0.29) is 12.4 Å². The lowest BCUT2D eigenvalue weighted by molar-refractivity contribution is 0.268. The predicted octanol–water partition coefficient (Wildman–Crippen LogP) is 3.18. The van der Waals surface area contributed by atoms with Gasteiger partial charge in [-0.2, -0.15) is 0 Å². The fraction of sp³-hybridized carbons (Fsp3) is 0.556. The molecule has 1 saturated heterocycles. The van der Waals surface area contributed by atoms with Gasteiger partial charge >= 0.3 is 0 Å². The number of likely N-dealkylation sites (tertiary alicyclic amines) is 1. The summed E-state index contributed by atoms with van der Waals surface area (Å²) in [5.74, 6) is 5.91. The first-order chi connectivity index (χ1) is 10.2. The van der Waals surface area contributed by atoms with Gasteiger partial charge < -0.3 is 5.11 Å². The van der Waals surface area contributed by atoms with Gasteiger partial charge in [0.25, 0.3) is 0 Å². The van der Waals surface area contributed by atoms with E-state index in [0.29, 0.717) is 12.1 Å². The zero-order valence-electron chi connectivity index (χ0n) is 12.7. The van der Waals surface area contributed by atoms with Crippen LogP contribution in [-0.2, 0) is 6.54 Å². The molecule has 1 aliphatic rings. The number of halogens is 1. The molecule has 1 atom stereocenters. The van der Waals surface area contributed by atoms with Crippen molar-refractivity contribution >= 4 is 0 Å². The van der Waals surface area contributed by atoms with Gasteiger partial charge in [-0.1, -0.05) is 31.3 Å². The van der Waals surface area contributed by atoms with E-state index in [1.807, 2.05) is 12.1 Å². The van der Waals surface area contributed by atoms with Crippen LogP contribution in [0.1, 0.15) is 43.7 Å². The molecule has 0 aliphatic carbocycles. The molecule has 1 aromatic carbocycles. The summed E-state index contributed by atoms with van der Waals surface area (Å²) in [5, 5.41) is 8.66. The van der Waals surface area contributed by atoms with Crippen molar-refractivity contribution in [3.8, 4) is 11.8 Å². The fourth-order valence-corrected chi connectivity index (χ4v) is 2.93. The van der Waals surface area contributed by atoms with E-state index >= 15 is 0 Å². The molecule has 0 saturated carbocycles. The minimum atomic E-state index is -0.199. The Balaban J connectivity index is 1.99. The van der Waals surface area contributed by atoms with Gasteiger partial charge in [0.05, 0.1) is 0 Å². The molecule has 1 aliphatic heterocycles.